The van der Waals surface area contributed by atoms with Crippen LogP contribution in [0, 0.1) is 0 Å². The van der Waals surface area contributed by atoms with E-state index >= 15 is 0 Å². The highest BCUT2D eigenvalue weighted by atomic mass is 16.5. The number of aromatic nitrogens is 2. The monoisotopic (exact) mass is 323 g/mol. The quantitative estimate of drug-likeness (QED) is 0.689. The summed E-state index contributed by atoms with van der Waals surface area (Å²) in [4.78, 5) is 2.47. The average molecular weight is 323 g/mol. The van der Waals surface area contributed by atoms with Gasteiger partial charge in [0.2, 0.25) is 5.88 Å². The SMILES string of the molecule is C=CCC[C@H](CN1CCCC1)Oc1ccc(-c2ccccc2)nn1. The predicted octanol–water partition coefficient (Wildman–Crippen LogP) is 3.95. The molecule has 1 aromatic heterocycles. The molecule has 0 bridgehead atoms. The third kappa shape index (κ3) is 4.65. The fourth-order valence-corrected chi connectivity index (χ4v) is 3.06. The van der Waals surface area contributed by atoms with E-state index in [0.29, 0.717) is 5.88 Å². The van der Waals surface area contributed by atoms with E-state index in [0.717, 1.165) is 30.6 Å². The third-order valence-electron chi connectivity index (χ3n) is 4.35. The summed E-state index contributed by atoms with van der Waals surface area (Å²) in [5.74, 6) is 0.600. The van der Waals surface area contributed by atoms with Gasteiger partial charge in [0.05, 0.1) is 5.69 Å². The van der Waals surface area contributed by atoms with E-state index in [4.69, 9.17) is 4.74 Å². The zero-order chi connectivity index (χ0) is 16.6. The zero-order valence-electron chi connectivity index (χ0n) is 14.1. The van der Waals surface area contributed by atoms with Crippen LogP contribution in [0.4, 0.5) is 0 Å². The molecule has 1 aliphatic heterocycles. The van der Waals surface area contributed by atoms with Crippen molar-refractivity contribution in [2.45, 2.75) is 31.8 Å². The molecule has 24 heavy (non-hydrogen) atoms. The Bertz CT molecular complexity index is 621. The summed E-state index contributed by atoms with van der Waals surface area (Å²) in [6, 6.07) is 14.0. The average Bonchev–Trinajstić information content (AvgIpc) is 3.14. The molecule has 4 heteroatoms. The van der Waals surface area contributed by atoms with E-state index in [1.54, 1.807) is 0 Å². The zero-order valence-corrected chi connectivity index (χ0v) is 14.1. The van der Waals surface area contributed by atoms with E-state index in [9.17, 15) is 0 Å². The fourth-order valence-electron chi connectivity index (χ4n) is 3.06. The highest BCUT2D eigenvalue weighted by Crippen LogP contribution is 2.19. The van der Waals surface area contributed by atoms with Crippen LogP contribution in [0.1, 0.15) is 25.7 Å². The maximum atomic E-state index is 6.11. The molecule has 0 unspecified atom stereocenters. The van der Waals surface area contributed by atoms with Gasteiger partial charge in [0.1, 0.15) is 6.10 Å². The predicted molar refractivity (Wildman–Crippen MR) is 97.0 cm³/mol. The molecule has 0 amide bonds. The van der Waals surface area contributed by atoms with Gasteiger partial charge >= 0.3 is 0 Å². The van der Waals surface area contributed by atoms with E-state index in [2.05, 4.69) is 21.7 Å². The Balaban J connectivity index is 1.63. The van der Waals surface area contributed by atoms with Gasteiger partial charge in [-0.05, 0) is 44.8 Å². The molecule has 1 aliphatic rings. The van der Waals surface area contributed by atoms with Crippen LogP contribution in [-0.4, -0.2) is 40.8 Å². The van der Waals surface area contributed by atoms with Crippen LogP contribution < -0.4 is 4.74 Å². The Kier molecular flexibility index (Phi) is 5.96. The number of likely N-dealkylation sites (tertiary alicyclic amines) is 1. The summed E-state index contributed by atoms with van der Waals surface area (Å²) < 4.78 is 6.11. The van der Waals surface area contributed by atoms with Gasteiger partial charge < -0.3 is 4.74 Å². The van der Waals surface area contributed by atoms with Crippen molar-refractivity contribution in [3.63, 3.8) is 0 Å². The molecule has 1 aromatic carbocycles. The standard InChI is InChI=1S/C20H25N3O/c1-2-3-11-18(16-23-14-7-8-15-23)24-20-13-12-19(21-22-20)17-9-5-4-6-10-17/h2,4-6,9-10,12-13,18H,1,3,7-8,11,14-16H2/t18-/m1/s1. The maximum absolute atomic E-state index is 6.11. The molecule has 1 atom stereocenters. The summed E-state index contributed by atoms with van der Waals surface area (Å²) in [5.41, 5.74) is 1.93. The van der Waals surface area contributed by atoms with Crippen LogP contribution in [0.3, 0.4) is 0 Å². The van der Waals surface area contributed by atoms with Gasteiger partial charge in [0, 0.05) is 18.2 Å². The second-order valence-corrected chi connectivity index (χ2v) is 6.24. The Morgan fingerprint density at radius 1 is 1.08 bits per heavy atom. The highest BCUT2D eigenvalue weighted by molar-refractivity contribution is 5.58. The second kappa shape index (κ2) is 8.60. The molecule has 0 aliphatic carbocycles. The van der Waals surface area contributed by atoms with Crippen LogP contribution in [0.25, 0.3) is 11.3 Å². The smallest absolute Gasteiger partial charge is 0.233 e. The molecule has 1 fully saturated rings. The number of allylic oxidation sites excluding steroid dienone is 1. The number of ether oxygens (including phenoxy) is 1. The number of hydrogen-bond acceptors (Lipinski definition) is 4. The van der Waals surface area contributed by atoms with Crippen molar-refractivity contribution in [2.75, 3.05) is 19.6 Å². The van der Waals surface area contributed by atoms with Crippen molar-refractivity contribution in [3.8, 4) is 17.1 Å². The van der Waals surface area contributed by atoms with Crippen LogP contribution in [0.15, 0.2) is 55.1 Å². The Hall–Kier alpha value is -2.20. The van der Waals surface area contributed by atoms with Gasteiger partial charge in [0.15, 0.2) is 0 Å². The summed E-state index contributed by atoms with van der Waals surface area (Å²) >= 11 is 0. The van der Waals surface area contributed by atoms with Gasteiger partial charge in [0.25, 0.3) is 0 Å². The van der Waals surface area contributed by atoms with Crippen molar-refractivity contribution in [1.82, 2.24) is 15.1 Å². The lowest BCUT2D eigenvalue weighted by Crippen LogP contribution is -2.34. The van der Waals surface area contributed by atoms with E-state index in [1.165, 1.54) is 25.9 Å². The van der Waals surface area contributed by atoms with Gasteiger partial charge in [-0.1, -0.05) is 36.4 Å². The largest absolute Gasteiger partial charge is 0.472 e. The minimum atomic E-state index is 0.137. The number of nitrogens with zero attached hydrogens (tertiary/aromatic N) is 3. The summed E-state index contributed by atoms with van der Waals surface area (Å²) in [7, 11) is 0. The molecule has 3 rings (SSSR count). The Morgan fingerprint density at radius 3 is 2.54 bits per heavy atom. The minimum absolute atomic E-state index is 0.137. The molecule has 0 N–H and O–H groups in total. The van der Waals surface area contributed by atoms with E-state index in [-0.39, 0.29) is 6.10 Å². The van der Waals surface area contributed by atoms with Crippen molar-refractivity contribution < 1.29 is 4.74 Å². The second-order valence-electron chi connectivity index (χ2n) is 6.24. The van der Waals surface area contributed by atoms with E-state index < -0.39 is 0 Å². The topological polar surface area (TPSA) is 38.2 Å². The molecule has 4 nitrogen and oxygen atoms in total. The van der Waals surface area contributed by atoms with Crippen LogP contribution in [-0.2, 0) is 0 Å². The number of benzene rings is 1. The van der Waals surface area contributed by atoms with Gasteiger partial charge in [-0.3, -0.25) is 4.90 Å². The normalized spacial score (nSPS) is 16.0. The van der Waals surface area contributed by atoms with Crippen molar-refractivity contribution in [3.05, 3.63) is 55.1 Å². The first-order chi connectivity index (χ1) is 11.8. The molecule has 1 saturated heterocycles. The lowest BCUT2D eigenvalue weighted by molar-refractivity contribution is 0.133. The summed E-state index contributed by atoms with van der Waals surface area (Å²) in [6.07, 6.45) is 6.58. The van der Waals surface area contributed by atoms with Crippen molar-refractivity contribution in [1.29, 1.82) is 0 Å². The first-order valence-electron chi connectivity index (χ1n) is 8.74. The fraction of sp³-hybridized carbons (Fsp3) is 0.400. The molecule has 0 radical (unpaired) electrons. The van der Waals surface area contributed by atoms with Crippen molar-refractivity contribution >= 4 is 0 Å². The minimum Gasteiger partial charge on any atom is -0.472 e. The lowest BCUT2D eigenvalue weighted by Gasteiger charge is -2.23. The molecule has 2 heterocycles. The maximum Gasteiger partial charge on any atom is 0.233 e. The van der Waals surface area contributed by atoms with Gasteiger partial charge in [-0.15, -0.1) is 16.8 Å². The van der Waals surface area contributed by atoms with Crippen LogP contribution >= 0.6 is 0 Å². The number of rotatable bonds is 8. The van der Waals surface area contributed by atoms with Gasteiger partial charge in [-0.2, -0.15) is 0 Å². The highest BCUT2D eigenvalue weighted by Gasteiger charge is 2.19. The molecule has 2 aromatic rings. The Labute approximate surface area is 144 Å². The molecule has 0 saturated carbocycles. The lowest BCUT2D eigenvalue weighted by atomic mass is 10.1. The molecular formula is C20H25N3O. The first kappa shape index (κ1) is 16.7. The van der Waals surface area contributed by atoms with E-state index in [1.807, 2.05) is 48.5 Å². The molecule has 0 spiro atoms. The molecular weight excluding hydrogens is 298 g/mol. The molecule has 126 valence electrons. The van der Waals surface area contributed by atoms with Crippen molar-refractivity contribution in [2.24, 2.45) is 0 Å². The summed E-state index contributed by atoms with van der Waals surface area (Å²) in [5, 5.41) is 8.57. The summed E-state index contributed by atoms with van der Waals surface area (Å²) in [6.45, 7) is 7.12. The van der Waals surface area contributed by atoms with Crippen LogP contribution in [0.5, 0.6) is 5.88 Å². The van der Waals surface area contributed by atoms with Crippen LogP contribution in [0.2, 0.25) is 0 Å². The first-order valence-corrected chi connectivity index (χ1v) is 8.74. The van der Waals surface area contributed by atoms with Gasteiger partial charge in [-0.25, -0.2) is 0 Å². The third-order valence-corrected chi connectivity index (χ3v) is 4.35. The number of hydrogen-bond donors (Lipinski definition) is 0. The Morgan fingerprint density at radius 2 is 1.88 bits per heavy atom.